The molecule has 0 radical (unpaired) electrons. The van der Waals surface area contributed by atoms with Crippen LogP contribution in [0.2, 0.25) is 0 Å². The number of fused-ring (bicyclic) bond motifs is 1. The van der Waals surface area contributed by atoms with Crippen molar-refractivity contribution in [1.82, 2.24) is 9.55 Å². The van der Waals surface area contributed by atoms with E-state index in [1.165, 1.54) is 18.4 Å². The van der Waals surface area contributed by atoms with Crippen LogP contribution in [0, 0.1) is 6.92 Å². The van der Waals surface area contributed by atoms with Gasteiger partial charge in [0.05, 0.1) is 5.52 Å². The predicted octanol–water partition coefficient (Wildman–Crippen LogP) is 3.44. The molecule has 2 aromatic rings. The smallest absolute Gasteiger partial charge is 0.107 e. The van der Waals surface area contributed by atoms with Crippen molar-refractivity contribution in [3.8, 4) is 0 Å². The fourth-order valence-electron chi connectivity index (χ4n) is 1.99. The third-order valence-electron chi connectivity index (χ3n) is 2.76. The van der Waals surface area contributed by atoms with Gasteiger partial charge in [0, 0.05) is 10.5 Å². The van der Waals surface area contributed by atoms with E-state index in [1.807, 2.05) is 6.07 Å². The molecule has 1 saturated carbocycles. The van der Waals surface area contributed by atoms with E-state index in [2.05, 4.69) is 44.5 Å². The average Bonchev–Trinajstić information content (AvgIpc) is 2.91. The molecule has 1 aromatic carbocycles. The van der Waals surface area contributed by atoms with E-state index in [1.54, 1.807) is 0 Å². The van der Waals surface area contributed by atoms with Crippen LogP contribution in [0.5, 0.6) is 0 Å². The Morgan fingerprint density at radius 2 is 2.21 bits per heavy atom. The molecule has 0 unspecified atom stereocenters. The van der Waals surface area contributed by atoms with Gasteiger partial charge in [-0.2, -0.15) is 0 Å². The summed E-state index contributed by atoms with van der Waals surface area (Å²) in [6.45, 7) is 2.09. The summed E-state index contributed by atoms with van der Waals surface area (Å²) in [5.41, 5.74) is 2.36. The largest absolute Gasteiger partial charge is 0.325 e. The SMILES string of the molecule is Cc1nc2c(Br)cccc2n1C1CC1. The molecule has 0 spiro atoms. The number of para-hydroxylation sites is 1. The third-order valence-corrected chi connectivity index (χ3v) is 3.40. The highest BCUT2D eigenvalue weighted by molar-refractivity contribution is 9.10. The normalized spacial score (nSPS) is 16.4. The summed E-state index contributed by atoms with van der Waals surface area (Å²) in [4.78, 5) is 4.59. The Kier molecular flexibility index (Phi) is 1.71. The number of nitrogens with zero attached hydrogens (tertiary/aromatic N) is 2. The number of rotatable bonds is 1. The summed E-state index contributed by atoms with van der Waals surface area (Å²) in [6.07, 6.45) is 2.61. The van der Waals surface area contributed by atoms with Crippen LogP contribution in [0.15, 0.2) is 22.7 Å². The van der Waals surface area contributed by atoms with Crippen molar-refractivity contribution in [2.45, 2.75) is 25.8 Å². The second-order valence-corrected chi connectivity index (χ2v) is 4.72. The molecule has 0 atom stereocenters. The number of benzene rings is 1. The van der Waals surface area contributed by atoms with Gasteiger partial charge >= 0.3 is 0 Å². The monoisotopic (exact) mass is 250 g/mol. The lowest BCUT2D eigenvalue weighted by Gasteiger charge is -2.03. The third kappa shape index (κ3) is 1.12. The summed E-state index contributed by atoms with van der Waals surface area (Å²) >= 11 is 3.54. The summed E-state index contributed by atoms with van der Waals surface area (Å²) < 4.78 is 3.46. The van der Waals surface area contributed by atoms with Gasteiger partial charge in [0.25, 0.3) is 0 Å². The zero-order valence-electron chi connectivity index (χ0n) is 8.00. The van der Waals surface area contributed by atoms with Crippen LogP contribution in [0.1, 0.15) is 24.7 Å². The van der Waals surface area contributed by atoms with E-state index in [0.717, 1.165) is 15.8 Å². The molecule has 0 amide bonds. The van der Waals surface area contributed by atoms with Gasteiger partial charge in [-0.3, -0.25) is 0 Å². The van der Waals surface area contributed by atoms with Gasteiger partial charge < -0.3 is 4.57 Å². The molecule has 3 heteroatoms. The van der Waals surface area contributed by atoms with Gasteiger partial charge in [0.15, 0.2) is 0 Å². The Bertz CT molecular complexity index is 497. The molecule has 14 heavy (non-hydrogen) atoms. The fraction of sp³-hybridized carbons (Fsp3) is 0.364. The number of imidazole rings is 1. The van der Waals surface area contributed by atoms with Crippen LogP contribution >= 0.6 is 15.9 Å². The Morgan fingerprint density at radius 1 is 1.43 bits per heavy atom. The highest BCUT2D eigenvalue weighted by Gasteiger charge is 2.27. The molecule has 1 aliphatic rings. The lowest BCUT2D eigenvalue weighted by atomic mass is 10.3. The first kappa shape index (κ1) is 8.48. The van der Waals surface area contributed by atoms with Gasteiger partial charge in [-0.05, 0) is 47.8 Å². The molecule has 1 aromatic heterocycles. The van der Waals surface area contributed by atoms with Crippen molar-refractivity contribution in [3.05, 3.63) is 28.5 Å². The number of hydrogen-bond acceptors (Lipinski definition) is 1. The van der Waals surface area contributed by atoms with Crippen LogP contribution < -0.4 is 0 Å². The van der Waals surface area contributed by atoms with Gasteiger partial charge in [-0.15, -0.1) is 0 Å². The molecule has 1 aliphatic carbocycles. The molecule has 2 nitrogen and oxygen atoms in total. The van der Waals surface area contributed by atoms with Gasteiger partial charge in [-0.25, -0.2) is 4.98 Å². The lowest BCUT2D eigenvalue weighted by Crippen LogP contribution is -1.95. The standard InChI is InChI=1S/C11H11BrN2/c1-7-13-11-9(12)3-2-4-10(11)14(7)8-5-6-8/h2-4,8H,5-6H2,1H3. The first-order valence-corrected chi connectivity index (χ1v) is 5.70. The number of halogens is 1. The van der Waals surface area contributed by atoms with E-state index in [0.29, 0.717) is 6.04 Å². The van der Waals surface area contributed by atoms with Crippen molar-refractivity contribution in [2.75, 3.05) is 0 Å². The van der Waals surface area contributed by atoms with Gasteiger partial charge in [0.1, 0.15) is 11.3 Å². The van der Waals surface area contributed by atoms with Crippen LogP contribution in [0.25, 0.3) is 11.0 Å². The van der Waals surface area contributed by atoms with E-state index in [4.69, 9.17) is 0 Å². The molecule has 0 bridgehead atoms. The number of aromatic nitrogens is 2. The summed E-state index contributed by atoms with van der Waals surface area (Å²) in [5.74, 6) is 1.13. The van der Waals surface area contributed by atoms with E-state index in [9.17, 15) is 0 Å². The molecule has 0 aliphatic heterocycles. The van der Waals surface area contributed by atoms with Crippen LogP contribution in [-0.2, 0) is 0 Å². The summed E-state index contributed by atoms with van der Waals surface area (Å²) in [5, 5.41) is 0. The predicted molar refractivity (Wildman–Crippen MR) is 60.4 cm³/mol. The molecule has 0 saturated heterocycles. The van der Waals surface area contributed by atoms with E-state index < -0.39 is 0 Å². The maximum atomic E-state index is 4.59. The summed E-state index contributed by atoms with van der Waals surface area (Å²) in [7, 11) is 0. The quantitative estimate of drug-likeness (QED) is 0.759. The van der Waals surface area contributed by atoms with Crippen LogP contribution in [0.4, 0.5) is 0 Å². The second kappa shape index (κ2) is 2.83. The average molecular weight is 251 g/mol. The molecule has 0 N–H and O–H groups in total. The first-order chi connectivity index (χ1) is 6.77. The first-order valence-electron chi connectivity index (χ1n) is 4.90. The van der Waals surface area contributed by atoms with Crippen LogP contribution in [-0.4, -0.2) is 9.55 Å². The minimum absolute atomic E-state index is 0.703. The zero-order chi connectivity index (χ0) is 9.71. The van der Waals surface area contributed by atoms with Gasteiger partial charge in [0.2, 0.25) is 0 Å². The second-order valence-electron chi connectivity index (χ2n) is 3.87. The van der Waals surface area contributed by atoms with Crippen LogP contribution in [0.3, 0.4) is 0 Å². The van der Waals surface area contributed by atoms with Crippen molar-refractivity contribution in [1.29, 1.82) is 0 Å². The van der Waals surface area contributed by atoms with Gasteiger partial charge in [-0.1, -0.05) is 6.07 Å². The molecule has 1 heterocycles. The highest BCUT2D eigenvalue weighted by atomic mass is 79.9. The van der Waals surface area contributed by atoms with E-state index >= 15 is 0 Å². The maximum absolute atomic E-state index is 4.59. The Morgan fingerprint density at radius 3 is 2.93 bits per heavy atom. The Hall–Kier alpha value is -0.830. The molecule has 72 valence electrons. The van der Waals surface area contributed by atoms with Crippen molar-refractivity contribution >= 4 is 27.0 Å². The number of hydrogen-bond donors (Lipinski definition) is 0. The lowest BCUT2D eigenvalue weighted by molar-refractivity contribution is 0.734. The Labute approximate surface area is 91.1 Å². The molecular formula is C11H11BrN2. The molecule has 3 rings (SSSR count). The van der Waals surface area contributed by atoms with E-state index in [-0.39, 0.29) is 0 Å². The van der Waals surface area contributed by atoms with Crippen molar-refractivity contribution in [2.24, 2.45) is 0 Å². The molecular weight excluding hydrogens is 240 g/mol. The zero-order valence-corrected chi connectivity index (χ0v) is 9.58. The fourth-order valence-corrected chi connectivity index (χ4v) is 2.44. The minimum Gasteiger partial charge on any atom is -0.325 e. The summed E-state index contributed by atoms with van der Waals surface area (Å²) in [6, 6.07) is 6.98. The highest BCUT2D eigenvalue weighted by Crippen LogP contribution is 2.39. The van der Waals surface area contributed by atoms with Crippen molar-refractivity contribution in [3.63, 3.8) is 0 Å². The number of aryl methyl sites for hydroxylation is 1. The minimum atomic E-state index is 0.703. The topological polar surface area (TPSA) is 17.8 Å². The molecule has 1 fully saturated rings. The maximum Gasteiger partial charge on any atom is 0.107 e. The van der Waals surface area contributed by atoms with Crippen molar-refractivity contribution < 1.29 is 0 Å². The Balaban J connectivity index is 2.37.